The van der Waals surface area contributed by atoms with Gasteiger partial charge in [-0.2, -0.15) is 0 Å². The van der Waals surface area contributed by atoms with Crippen molar-refractivity contribution in [3.63, 3.8) is 0 Å². The minimum atomic E-state index is -0.301. The molecule has 2 N–H and O–H groups in total. The number of hydrogen-bond donors (Lipinski definition) is 2. The maximum atomic E-state index is 12.6. The summed E-state index contributed by atoms with van der Waals surface area (Å²) in [6, 6.07) is 14.9. The van der Waals surface area contributed by atoms with Crippen LogP contribution in [-0.4, -0.2) is 51.1 Å². The highest BCUT2D eigenvalue weighted by Gasteiger charge is 2.24. The Morgan fingerprint density at radius 2 is 1.90 bits per heavy atom. The monoisotopic (exact) mass is 396 g/mol. The first-order valence-electron chi connectivity index (χ1n) is 9.74. The maximum Gasteiger partial charge on any atom is 0.319 e. The highest BCUT2D eigenvalue weighted by molar-refractivity contribution is 6.01. The first kappa shape index (κ1) is 20.7. The fourth-order valence-electron chi connectivity index (χ4n) is 3.50. The van der Waals surface area contributed by atoms with Crippen LogP contribution in [0.1, 0.15) is 24.4 Å². The molecule has 2 aromatic rings. The summed E-state index contributed by atoms with van der Waals surface area (Å²) in [5, 5.41) is 5.83. The van der Waals surface area contributed by atoms with E-state index in [1.807, 2.05) is 62.6 Å². The van der Waals surface area contributed by atoms with E-state index in [2.05, 4.69) is 15.5 Å². The summed E-state index contributed by atoms with van der Waals surface area (Å²) in [5.41, 5.74) is 2.45. The number of ether oxygens (including phenoxy) is 1. The molecule has 29 heavy (non-hydrogen) atoms. The van der Waals surface area contributed by atoms with Gasteiger partial charge in [0.25, 0.3) is 0 Å². The van der Waals surface area contributed by atoms with Gasteiger partial charge in [-0.15, -0.1) is 0 Å². The third-order valence-electron chi connectivity index (χ3n) is 5.10. The van der Waals surface area contributed by atoms with Gasteiger partial charge in [-0.25, -0.2) is 4.79 Å². The van der Waals surface area contributed by atoms with Crippen molar-refractivity contribution < 1.29 is 14.3 Å². The normalized spacial score (nSPS) is 14.8. The predicted molar refractivity (Wildman–Crippen MR) is 114 cm³/mol. The van der Waals surface area contributed by atoms with Crippen LogP contribution in [0.4, 0.5) is 16.2 Å². The molecule has 1 fully saturated rings. The number of para-hydroxylation sites is 2. The fraction of sp³-hybridized carbons (Fsp3) is 0.364. The molecule has 0 saturated carbocycles. The summed E-state index contributed by atoms with van der Waals surface area (Å²) in [6.07, 6.45) is 1.39. The van der Waals surface area contributed by atoms with Crippen molar-refractivity contribution in [2.24, 2.45) is 0 Å². The third-order valence-corrected chi connectivity index (χ3v) is 5.10. The summed E-state index contributed by atoms with van der Waals surface area (Å²) >= 11 is 0. The minimum absolute atomic E-state index is 0.0158. The molecule has 0 aromatic heterocycles. The smallest absolute Gasteiger partial charge is 0.319 e. The number of hydrogen-bond acceptors (Lipinski definition) is 4. The number of rotatable bonds is 7. The molecule has 2 aromatic carbocycles. The van der Waals surface area contributed by atoms with Crippen molar-refractivity contribution in [2.75, 3.05) is 44.5 Å². The molecule has 1 saturated heterocycles. The van der Waals surface area contributed by atoms with E-state index in [1.165, 1.54) is 0 Å². The van der Waals surface area contributed by atoms with Gasteiger partial charge < -0.3 is 25.2 Å². The maximum absolute atomic E-state index is 12.6. The number of likely N-dealkylation sites (N-methyl/N-ethyl adjacent to an activating group) is 1. The van der Waals surface area contributed by atoms with E-state index in [1.54, 1.807) is 12.0 Å². The molecule has 1 aliphatic heterocycles. The molecule has 0 aliphatic carbocycles. The zero-order chi connectivity index (χ0) is 20.8. The summed E-state index contributed by atoms with van der Waals surface area (Å²) < 4.78 is 5.21. The number of methoxy groups -OCH3 is 1. The van der Waals surface area contributed by atoms with Crippen LogP contribution in [0.2, 0.25) is 0 Å². The zero-order valence-electron chi connectivity index (χ0n) is 17.1. The third kappa shape index (κ3) is 5.06. The van der Waals surface area contributed by atoms with E-state index >= 15 is 0 Å². The van der Waals surface area contributed by atoms with Crippen molar-refractivity contribution in [3.8, 4) is 5.75 Å². The van der Waals surface area contributed by atoms with Gasteiger partial charge in [-0.05, 0) is 50.3 Å². The van der Waals surface area contributed by atoms with Gasteiger partial charge in [0.05, 0.1) is 24.5 Å². The number of amides is 3. The number of nitrogens with zero attached hydrogens (tertiary/aromatic N) is 2. The van der Waals surface area contributed by atoms with Gasteiger partial charge in [0.15, 0.2) is 0 Å². The van der Waals surface area contributed by atoms with E-state index in [0.717, 1.165) is 23.4 Å². The lowest BCUT2D eigenvalue weighted by Crippen LogP contribution is -2.37. The van der Waals surface area contributed by atoms with Gasteiger partial charge in [0.2, 0.25) is 5.91 Å². The Bertz CT molecular complexity index is 851. The molecule has 1 aliphatic rings. The molecule has 0 radical (unpaired) electrons. The van der Waals surface area contributed by atoms with Crippen LogP contribution in [0.5, 0.6) is 5.75 Å². The molecule has 7 nitrogen and oxygen atoms in total. The second-order valence-electron chi connectivity index (χ2n) is 7.25. The summed E-state index contributed by atoms with van der Waals surface area (Å²) in [5.74, 6) is 0.886. The Labute approximate surface area is 171 Å². The quantitative estimate of drug-likeness (QED) is 0.754. The van der Waals surface area contributed by atoms with E-state index in [-0.39, 0.29) is 18.0 Å². The second-order valence-corrected chi connectivity index (χ2v) is 7.25. The lowest BCUT2D eigenvalue weighted by atomic mass is 10.1. The van der Waals surface area contributed by atoms with Crippen molar-refractivity contribution in [1.29, 1.82) is 0 Å². The molecule has 1 atom stereocenters. The summed E-state index contributed by atoms with van der Waals surface area (Å²) in [4.78, 5) is 28.4. The Balaban J connectivity index is 1.65. The molecule has 0 spiro atoms. The lowest BCUT2D eigenvalue weighted by Gasteiger charge is -2.25. The molecule has 1 heterocycles. The molecular weight excluding hydrogens is 368 g/mol. The van der Waals surface area contributed by atoms with Crippen LogP contribution >= 0.6 is 0 Å². The van der Waals surface area contributed by atoms with Gasteiger partial charge in [0, 0.05) is 19.5 Å². The summed E-state index contributed by atoms with van der Waals surface area (Å²) in [7, 11) is 5.59. The van der Waals surface area contributed by atoms with Crippen LogP contribution in [0.25, 0.3) is 0 Å². The highest BCUT2D eigenvalue weighted by atomic mass is 16.5. The second kappa shape index (κ2) is 9.43. The predicted octanol–water partition coefficient (Wildman–Crippen LogP) is 3.25. The van der Waals surface area contributed by atoms with E-state index in [9.17, 15) is 9.59 Å². The Hall–Kier alpha value is -3.06. The van der Waals surface area contributed by atoms with Crippen molar-refractivity contribution in [2.45, 2.75) is 18.9 Å². The van der Waals surface area contributed by atoms with E-state index in [0.29, 0.717) is 25.2 Å². The number of carbonyl (C=O) groups excluding carboxylic acids is 2. The fourth-order valence-corrected chi connectivity index (χ4v) is 3.50. The molecule has 3 rings (SSSR count). The van der Waals surface area contributed by atoms with Gasteiger partial charge in [-0.1, -0.05) is 24.3 Å². The number of nitrogens with one attached hydrogen (secondary N) is 2. The van der Waals surface area contributed by atoms with Crippen molar-refractivity contribution in [1.82, 2.24) is 10.2 Å². The standard InChI is InChI=1S/C22H28N4O3/c1-25(2)20(16-10-12-17(29-3)13-11-16)15-23-22(28)24-18-7-4-5-8-19(18)26-14-6-9-21(26)27/h4-5,7-8,10-13,20H,6,9,14-15H2,1-3H3,(H2,23,24,28). The van der Waals surface area contributed by atoms with Gasteiger partial charge in [0.1, 0.15) is 5.75 Å². The minimum Gasteiger partial charge on any atom is -0.497 e. The molecule has 1 unspecified atom stereocenters. The highest BCUT2D eigenvalue weighted by Crippen LogP contribution is 2.29. The van der Waals surface area contributed by atoms with Crippen molar-refractivity contribution >= 4 is 23.3 Å². The van der Waals surface area contributed by atoms with Crippen molar-refractivity contribution in [3.05, 3.63) is 54.1 Å². The largest absolute Gasteiger partial charge is 0.497 e. The first-order chi connectivity index (χ1) is 14.0. The van der Waals surface area contributed by atoms with E-state index < -0.39 is 0 Å². The zero-order valence-corrected chi connectivity index (χ0v) is 17.1. The Morgan fingerprint density at radius 3 is 2.52 bits per heavy atom. The molecule has 154 valence electrons. The lowest BCUT2D eigenvalue weighted by molar-refractivity contribution is -0.117. The topological polar surface area (TPSA) is 73.9 Å². The van der Waals surface area contributed by atoms with Crippen LogP contribution in [0, 0.1) is 0 Å². The molecule has 7 heteroatoms. The number of carbonyl (C=O) groups is 2. The first-order valence-corrected chi connectivity index (χ1v) is 9.74. The van der Waals surface area contributed by atoms with Crippen LogP contribution in [-0.2, 0) is 4.79 Å². The molecular formula is C22H28N4O3. The average Bonchev–Trinajstić information content (AvgIpc) is 3.14. The van der Waals surface area contributed by atoms with Crippen LogP contribution in [0.3, 0.4) is 0 Å². The SMILES string of the molecule is COc1ccc(C(CNC(=O)Nc2ccccc2N2CCCC2=O)N(C)C)cc1. The molecule has 0 bridgehead atoms. The Kier molecular flexibility index (Phi) is 6.72. The van der Waals surface area contributed by atoms with E-state index in [4.69, 9.17) is 4.74 Å². The van der Waals surface area contributed by atoms with Crippen LogP contribution in [0.15, 0.2) is 48.5 Å². The number of anilines is 2. The van der Waals surface area contributed by atoms with Gasteiger partial charge in [-0.3, -0.25) is 4.79 Å². The number of urea groups is 1. The Morgan fingerprint density at radius 1 is 1.17 bits per heavy atom. The molecule has 3 amide bonds. The van der Waals surface area contributed by atoms with Crippen LogP contribution < -0.4 is 20.3 Å². The summed E-state index contributed by atoms with van der Waals surface area (Å²) in [6.45, 7) is 1.12. The number of benzene rings is 2. The average molecular weight is 396 g/mol. The van der Waals surface area contributed by atoms with Gasteiger partial charge >= 0.3 is 6.03 Å².